The van der Waals surface area contributed by atoms with E-state index in [-0.39, 0.29) is 10.7 Å². The molecule has 0 aromatic heterocycles. The van der Waals surface area contributed by atoms with E-state index in [4.69, 9.17) is 0 Å². The van der Waals surface area contributed by atoms with Crippen LogP contribution in [0.1, 0.15) is 38.5 Å². The Labute approximate surface area is 132 Å². The Morgan fingerprint density at radius 2 is 1.95 bits per heavy atom. The van der Waals surface area contributed by atoms with E-state index < -0.39 is 0 Å². The average molecular weight is 306 g/mol. The quantitative estimate of drug-likeness (QED) is 0.725. The van der Waals surface area contributed by atoms with Crippen molar-refractivity contribution in [2.24, 2.45) is 0 Å². The van der Waals surface area contributed by atoms with E-state index in [0.29, 0.717) is 6.42 Å². The van der Waals surface area contributed by atoms with Crippen LogP contribution in [0, 0.1) is 0 Å². The Morgan fingerprint density at radius 1 is 1.24 bits per heavy atom. The number of carbonyl (C=O) groups is 1. The van der Waals surface area contributed by atoms with Crippen LogP contribution in [-0.2, 0) is 4.79 Å². The molecule has 4 heteroatoms. The Morgan fingerprint density at radius 3 is 2.62 bits per heavy atom. The summed E-state index contributed by atoms with van der Waals surface area (Å²) in [5.41, 5.74) is 0. The molecule has 2 N–H and O–H groups in total. The van der Waals surface area contributed by atoms with E-state index in [1.165, 1.54) is 30.6 Å². The van der Waals surface area contributed by atoms with Crippen molar-refractivity contribution in [1.29, 1.82) is 0 Å². The van der Waals surface area contributed by atoms with Crippen LogP contribution in [0.25, 0.3) is 0 Å². The molecule has 0 spiro atoms. The van der Waals surface area contributed by atoms with Crippen molar-refractivity contribution in [2.75, 3.05) is 20.1 Å². The van der Waals surface area contributed by atoms with E-state index in [1.54, 1.807) is 0 Å². The summed E-state index contributed by atoms with van der Waals surface area (Å²) in [5, 5.41) is 6.23. The summed E-state index contributed by atoms with van der Waals surface area (Å²) in [6.07, 6.45) is 6.46. The number of thioether (sulfide) groups is 1. The minimum absolute atomic E-state index is 0.185. The van der Waals surface area contributed by atoms with Crippen LogP contribution in [0.2, 0.25) is 0 Å². The third-order valence-electron chi connectivity index (χ3n) is 4.03. The molecule has 2 rings (SSSR count). The molecule has 0 unspecified atom stereocenters. The SMILES string of the molecule is CNCCCC(=O)NCC1(Sc2ccccc2)CCCC1. The molecule has 0 aliphatic heterocycles. The van der Waals surface area contributed by atoms with Crippen molar-refractivity contribution in [3.05, 3.63) is 30.3 Å². The van der Waals surface area contributed by atoms with Crippen LogP contribution in [0.5, 0.6) is 0 Å². The molecule has 1 aromatic rings. The number of carbonyl (C=O) groups excluding carboxylic acids is 1. The van der Waals surface area contributed by atoms with Gasteiger partial charge in [0.2, 0.25) is 5.91 Å². The van der Waals surface area contributed by atoms with Gasteiger partial charge in [-0.1, -0.05) is 31.0 Å². The van der Waals surface area contributed by atoms with Crippen LogP contribution in [0.4, 0.5) is 0 Å². The molecule has 1 amide bonds. The first kappa shape index (κ1) is 16.4. The Hall–Kier alpha value is -1.00. The van der Waals surface area contributed by atoms with Crippen LogP contribution >= 0.6 is 11.8 Å². The fourth-order valence-corrected chi connectivity index (χ4v) is 4.28. The predicted molar refractivity (Wildman–Crippen MR) is 89.7 cm³/mol. The maximum Gasteiger partial charge on any atom is 0.220 e. The Balaban J connectivity index is 1.85. The predicted octanol–water partition coefficient (Wildman–Crippen LogP) is 3.21. The first-order valence-electron chi connectivity index (χ1n) is 7.89. The van der Waals surface area contributed by atoms with Gasteiger partial charge in [-0.15, -0.1) is 11.8 Å². The van der Waals surface area contributed by atoms with Crippen LogP contribution in [0.3, 0.4) is 0 Å². The molecule has 0 atom stereocenters. The molecule has 0 saturated heterocycles. The topological polar surface area (TPSA) is 41.1 Å². The lowest BCUT2D eigenvalue weighted by atomic mass is 10.1. The van der Waals surface area contributed by atoms with Crippen LogP contribution in [0.15, 0.2) is 35.2 Å². The smallest absolute Gasteiger partial charge is 0.220 e. The number of nitrogens with one attached hydrogen (secondary N) is 2. The number of hydrogen-bond acceptors (Lipinski definition) is 3. The molecular weight excluding hydrogens is 280 g/mol. The molecule has 1 fully saturated rings. The molecular formula is C17H26N2OS. The summed E-state index contributed by atoms with van der Waals surface area (Å²) in [6.45, 7) is 1.70. The second kappa shape index (κ2) is 8.44. The second-order valence-electron chi connectivity index (χ2n) is 5.79. The highest BCUT2D eigenvalue weighted by molar-refractivity contribution is 8.00. The van der Waals surface area contributed by atoms with Gasteiger partial charge in [0, 0.05) is 22.6 Å². The van der Waals surface area contributed by atoms with Crippen LogP contribution < -0.4 is 10.6 Å². The first-order valence-corrected chi connectivity index (χ1v) is 8.71. The highest BCUT2D eigenvalue weighted by Gasteiger charge is 2.35. The summed E-state index contributed by atoms with van der Waals surface area (Å²) in [7, 11) is 1.92. The molecule has 116 valence electrons. The zero-order valence-electron chi connectivity index (χ0n) is 12.9. The van der Waals surface area contributed by atoms with Gasteiger partial charge >= 0.3 is 0 Å². The van der Waals surface area contributed by atoms with Crippen molar-refractivity contribution in [3.8, 4) is 0 Å². The molecule has 1 aliphatic rings. The zero-order chi connectivity index (χ0) is 15.0. The van der Waals surface area contributed by atoms with Crippen molar-refractivity contribution in [2.45, 2.75) is 48.2 Å². The van der Waals surface area contributed by atoms with Gasteiger partial charge in [0.05, 0.1) is 0 Å². The van der Waals surface area contributed by atoms with Crippen molar-refractivity contribution >= 4 is 17.7 Å². The summed E-state index contributed by atoms with van der Waals surface area (Å²) < 4.78 is 0.194. The molecule has 1 saturated carbocycles. The molecule has 0 bridgehead atoms. The Kier molecular flexibility index (Phi) is 6.58. The second-order valence-corrected chi connectivity index (χ2v) is 7.33. The van der Waals surface area contributed by atoms with Crippen molar-refractivity contribution < 1.29 is 4.79 Å². The molecule has 21 heavy (non-hydrogen) atoms. The number of benzene rings is 1. The highest BCUT2D eigenvalue weighted by Crippen LogP contribution is 2.44. The van der Waals surface area contributed by atoms with E-state index in [2.05, 4.69) is 41.0 Å². The molecule has 0 heterocycles. The van der Waals surface area contributed by atoms with Crippen molar-refractivity contribution in [3.63, 3.8) is 0 Å². The molecule has 1 aliphatic carbocycles. The monoisotopic (exact) mass is 306 g/mol. The maximum absolute atomic E-state index is 11.9. The Bertz CT molecular complexity index is 430. The van der Waals surface area contributed by atoms with E-state index in [9.17, 15) is 4.79 Å². The number of hydrogen-bond donors (Lipinski definition) is 2. The van der Waals surface area contributed by atoms with E-state index in [1.807, 2.05) is 18.8 Å². The average Bonchev–Trinajstić information content (AvgIpc) is 2.95. The largest absolute Gasteiger partial charge is 0.355 e. The van der Waals surface area contributed by atoms with Gasteiger partial charge in [-0.2, -0.15) is 0 Å². The fraction of sp³-hybridized carbons (Fsp3) is 0.588. The normalized spacial score (nSPS) is 16.8. The number of rotatable bonds is 8. The van der Waals surface area contributed by atoms with Gasteiger partial charge in [0.1, 0.15) is 0 Å². The minimum atomic E-state index is 0.185. The van der Waals surface area contributed by atoms with Gasteiger partial charge in [-0.3, -0.25) is 4.79 Å². The maximum atomic E-state index is 11.9. The summed E-state index contributed by atoms with van der Waals surface area (Å²) in [5.74, 6) is 0.185. The lowest BCUT2D eigenvalue weighted by Gasteiger charge is -2.28. The fourth-order valence-electron chi connectivity index (χ4n) is 2.85. The molecule has 1 aromatic carbocycles. The van der Waals surface area contributed by atoms with Gasteiger partial charge in [-0.25, -0.2) is 0 Å². The van der Waals surface area contributed by atoms with Gasteiger partial charge < -0.3 is 10.6 Å². The van der Waals surface area contributed by atoms with Crippen molar-refractivity contribution in [1.82, 2.24) is 10.6 Å². The lowest BCUT2D eigenvalue weighted by Crippen LogP contribution is -2.38. The zero-order valence-corrected chi connectivity index (χ0v) is 13.7. The summed E-state index contributed by atoms with van der Waals surface area (Å²) in [6, 6.07) is 10.6. The van der Waals surface area contributed by atoms with Gasteiger partial charge in [0.25, 0.3) is 0 Å². The molecule has 0 radical (unpaired) electrons. The summed E-state index contributed by atoms with van der Waals surface area (Å²) >= 11 is 1.94. The van der Waals surface area contributed by atoms with Gasteiger partial charge in [-0.05, 0) is 45.0 Å². The standard InChI is InChI=1S/C17H26N2OS/c1-18-13-7-10-16(20)19-14-17(11-5-6-12-17)21-15-8-3-2-4-9-15/h2-4,8-9,18H,5-7,10-14H2,1H3,(H,19,20). The first-order chi connectivity index (χ1) is 10.2. The van der Waals surface area contributed by atoms with Crippen LogP contribution in [-0.4, -0.2) is 30.8 Å². The minimum Gasteiger partial charge on any atom is -0.355 e. The molecule has 3 nitrogen and oxygen atoms in total. The van der Waals surface area contributed by atoms with Gasteiger partial charge in [0.15, 0.2) is 0 Å². The third kappa shape index (κ3) is 5.36. The van der Waals surface area contributed by atoms with E-state index >= 15 is 0 Å². The number of amides is 1. The third-order valence-corrected chi connectivity index (χ3v) is 5.52. The summed E-state index contributed by atoms with van der Waals surface area (Å²) in [4.78, 5) is 13.2. The van der Waals surface area contributed by atoms with E-state index in [0.717, 1.165) is 19.5 Å². The lowest BCUT2D eigenvalue weighted by molar-refractivity contribution is -0.121. The highest BCUT2D eigenvalue weighted by atomic mass is 32.2.